The molecule has 5 heteroatoms. The monoisotopic (exact) mass is 373 g/mol. The van der Waals surface area contributed by atoms with Gasteiger partial charge in [0.15, 0.2) is 6.61 Å². The quantitative estimate of drug-likeness (QED) is 0.691. The van der Waals surface area contributed by atoms with Crippen molar-refractivity contribution in [1.82, 2.24) is 4.90 Å². The molecular weight excluding hydrogens is 351 g/mol. The molecule has 1 saturated heterocycles. The highest BCUT2D eigenvalue weighted by atomic mass is 19.4. The van der Waals surface area contributed by atoms with Crippen LogP contribution in [0, 0.1) is 0 Å². The van der Waals surface area contributed by atoms with Crippen LogP contribution in [0.4, 0.5) is 13.2 Å². The summed E-state index contributed by atoms with van der Waals surface area (Å²) in [6, 6.07) is 18.4. The molecule has 2 nitrogen and oxygen atoms in total. The van der Waals surface area contributed by atoms with E-state index < -0.39 is 12.8 Å². The number of rotatable bonds is 5. The van der Waals surface area contributed by atoms with Crippen molar-refractivity contribution in [2.24, 2.45) is 0 Å². The van der Waals surface area contributed by atoms with Crippen molar-refractivity contribution in [3.8, 4) is 5.75 Å². The van der Waals surface area contributed by atoms with Gasteiger partial charge in [-0.05, 0) is 48.1 Å². The molecule has 0 saturated carbocycles. The second-order valence-corrected chi connectivity index (χ2v) is 7.28. The summed E-state index contributed by atoms with van der Waals surface area (Å²) in [5.74, 6) is 0.251. The normalized spacial score (nSPS) is 22.6. The molecule has 2 unspecified atom stereocenters. The maximum Gasteiger partial charge on any atom is 0.422 e. The first kappa shape index (κ1) is 18.1. The number of hydrogen-bond acceptors (Lipinski definition) is 2. The highest BCUT2D eigenvalue weighted by Crippen LogP contribution is 2.39. The summed E-state index contributed by atoms with van der Waals surface area (Å²) >= 11 is 0. The minimum Gasteiger partial charge on any atom is -0.484 e. The lowest BCUT2D eigenvalue weighted by Gasteiger charge is -2.34. The van der Waals surface area contributed by atoms with Crippen LogP contribution in [-0.2, 0) is 6.54 Å². The number of nitrogens with zero attached hydrogens (tertiary/aromatic N) is 1. The van der Waals surface area contributed by atoms with Gasteiger partial charge in [0.25, 0.3) is 0 Å². The number of hydrogen-bond donors (Lipinski definition) is 0. The fourth-order valence-electron chi connectivity index (χ4n) is 4.10. The number of ether oxygens (including phenoxy) is 1. The first-order valence-electron chi connectivity index (χ1n) is 9.28. The van der Waals surface area contributed by atoms with E-state index in [2.05, 4.69) is 35.2 Å². The van der Waals surface area contributed by atoms with E-state index in [9.17, 15) is 13.2 Å². The van der Waals surface area contributed by atoms with E-state index in [1.165, 1.54) is 17.6 Å². The molecule has 2 atom stereocenters. The largest absolute Gasteiger partial charge is 0.484 e. The highest BCUT2D eigenvalue weighted by molar-refractivity contribution is 5.68. The van der Waals surface area contributed by atoms with Crippen LogP contribution < -0.4 is 4.74 Å². The first-order chi connectivity index (χ1) is 13.0. The minimum atomic E-state index is -4.31. The zero-order valence-corrected chi connectivity index (χ0v) is 15.0. The van der Waals surface area contributed by atoms with Gasteiger partial charge in [-0.1, -0.05) is 48.5 Å². The van der Waals surface area contributed by atoms with Crippen LogP contribution in [0.25, 0.3) is 5.57 Å². The third kappa shape index (κ3) is 4.35. The van der Waals surface area contributed by atoms with Crippen LogP contribution in [0.5, 0.6) is 5.75 Å². The molecule has 2 bridgehead atoms. The molecule has 2 aliphatic rings. The fraction of sp³-hybridized carbons (Fsp3) is 0.364. The molecule has 4 rings (SSSR count). The molecule has 0 aliphatic carbocycles. The Kier molecular flexibility index (Phi) is 4.96. The lowest BCUT2D eigenvalue weighted by atomic mass is 9.94. The van der Waals surface area contributed by atoms with Crippen molar-refractivity contribution in [3.63, 3.8) is 0 Å². The van der Waals surface area contributed by atoms with Crippen LogP contribution in [0.2, 0.25) is 0 Å². The predicted molar refractivity (Wildman–Crippen MR) is 99.4 cm³/mol. The fourth-order valence-corrected chi connectivity index (χ4v) is 4.10. The standard InChI is InChI=1S/C22H22F3NO/c23-22(24,25)15-27-21-10-6-17(7-11-21)18-12-19-8-9-20(13-18)26(19)14-16-4-2-1-3-5-16/h1-7,10-12,19-20H,8-9,13-15H2. The zero-order chi connectivity index (χ0) is 18.9. The van der Waals surface area contributed by atoms with Crippen LogP contribution in [-0.4, -0.2) is 29.8 Å². The molecule has 2 aromatic rings. The Morgan fingerprint density at radius 2 is 1.70 bits per heavy atom. The molecular formula is C22H22F3NO. The Bertz CT molecular complexity index is 799. The lowest BCUT2D eigenvalue weighted by molar-refractivity contribution is -0.153. The van der Waals surface area contributed by atoms with Gasteiger partial charge in [-0.2, -0.15) is 13.2 Å². The molecule has 2 heterocycles. The Labute approximate surface area is 157 Å². The maximum atomic E-state index is 12.3. The van der Waals surface area contributed by atoms with E-state index in [4.69, 9.17) is 4.74 Å². The van der Waals surface area contributed by atoms with Gasteiger partial charge in [0.2, 0.25) is 0 Å². The number of fused-ring (bicyclic) bond motifs is 2. The SMILES string of the molecule is FC(F)(F)COc1ccc(C2=CC3CCC(C2)N3Cc2ccccc2)cc1. The van der Waals surface area contributed by atoms with Gasteiger partial charge < -0.3 is 4.74 Å². The topological polar surface area (TPSA) is 12.5 Å². The number of benzene rings is 2. The molecule has 0 amide bonds. The summed E-state index contributed by atoms with van der Waals surface area (Å²) in [7, 11) is 0. The van der Waals surface area contributed by atoms with E-state index >= 15 is 0 Å². The summed E-state index contributed by atoms with van der Waals surface area (Å²) in [4.78, 5) is 2.57. The van der Waals surface area contributed by atoms with Crippen LogP contribution in [0.1, 0.15) is 30.4 Å². The third-order valence-corrected chi connectivity index (χ3v) is 5.38. The van der Waals surface area contributed by atoms with Crippen molar-refractivity contribution in [3.05, 3.63) is 71.8 Å². The van der Waals surface area contributed by atoms with Gasteiger partial charge in [-0.15, -0.1) is 0 Å². The van der Waals surface area contributed by atoms with Gasteiger partial charge in [0.05, 0.1) is 0 Å². The Morgan fingerprint density at radius 3 is 2.37 bits per heavy atom. The van der Waals surface area contributed by atoms with Crippen LogP contribution in [0.15, 0.2) is 60.7 Å². The van der Waals surface area contributed by atoms with Crippen molar-refractivity contribution in [1.29, 1.82) is 0 Å². The lowest BCUT2D eigenvalue weighted by Crippen LogP contribution is -2.37. The van der Waals surface area contributed by atoms with Gasteiger partial charge >= 0.3 is 6.18 Å². The smallest absolute Gasteiger partial charge is 0.422 e. The van der Waals surface area contributed by atoms with Gasteiger partial charge in [-0.25, -0.2) is 0 Å². The van der Waals surface area contributed by atoms with E-state index in [1.807, 2.05) is 18.2 Å². The van der Waals surface area contributed by atoms with E-state index in [-0.39, 0.29) is 5.75 Å². The minimum absolute atomic E-state index is 0.251. The molecule has 0 spiro atoms. The predicted octanol–water partition coefficient (Wildman–Crippen LogP) is 5.45. The Balaban J connectivity index is 1.44. The van der Waals surface area contributed by atoms with E-state index in [0.717, 1.165) is 24.9 Å². The molecule has 142 valence electrons. The Morgan fingerprint density at radius 1 is 0.963 bits per heavy atom. The molecule has 0 aromatic heterocycles. The second-order valence-electron chi connectivity index (χ2n) is 7.28. The third-order valence-electron chi connectivity index (χ3n) is 5.38. The molecule has 2 aliphatic heterocycles. The van der Waals surface area contributed by atoms with Gasteiger partial charge in [0.1, 0.15) is 5.75 Å². The number of alkyl halides is 3. The van der Waals surface area contributed by atoms with Crippen molar-refractivity contribution in [2.45, 2.75) is 44.1 Å². The first-order valence-corrected chi connectivity index (χ1v) is 9.28. The van der Waals surface area contributed by atoms with Crippen LogP contribution in [0.3, 0.4) is 0 Å². The average molecular weight is 373 g/mol. The van der Waals surface area contributed by atoms with Gasteiger partial charge in [0, 0.05) is 18.6 Å². The van der Waals surface area contributed by atoms with E-state index in [1.54, 1.807) is 12.1 Å². The summed E-state index contributed by atoms with van der Waals surface area (Å²) in [5.41, 5.74) is 3.69. The van der Waals surface area contributed by atoms with Gasteiger partial charge in [-0.3, -0.25) is 4.90 Å². The van der Waals surface area contributed by atoms with Crippen LogP contribution >= 0.6 is 0 Å². The highest BCUT2D eigenvalue weighted by Gasteiger charge is 2.36. The average Bonchev–Trinajstić information content (AvgIpc) is 2.89. The summed E-state index contributed by atoms with van der Waals surface area (Å²) in [6.07, 6.45) is 1.34. The summed E-state index contributed by atoms with van der Waals surface area (Å²) in [6.45, 7) is -0.294. The molecule has 1 fully saturated rings. The van der Waals surface area contributed by atoms with Crippen molar-refractivity contribution >= 4 is 5.57 Å². The van der Waals surface area contributed by atoms with E-state index in [0.29, 0.717) is 12.1 Å². The van der Waals surface area contributed by atoms with Crippen molar-refractivity contribution < 1.29 is 17.9 Å². The Hall–Kier alpha value is -2.27. The number of halogens is 3. The summed E-state index contributed by atoms with van der Waals surface area (Å²) < 4.78 is 41.6. The van der Waals surface area contributed by atoms with Crippen molar-refractivity contribution in [2.75, 3.05) is 6.61 Å². The summed E-state index contributed by atoms with van der Waals surface area (Å²) in [5, 5.41) is 0. The maximum absolute atomic E-state index is 12.3. The molecule has 0 N–H and O–H groups in total. The molecule has 0 radical (unpaired) electrons. The zero-order valence-electron chi connectivity index (χ0n) is 15.0. The second kappa shape index (κ2) is 7.39. The molecule has 27 heavy (non-hydrogen) atoms. The molecule has 2 aromatic carbocycles.